The highest BCUT2D eigenvalue weighted by Crippen LogP contribution is 2.23. The molecule has 2 radical (unpaired) electrons. The van der Waals surface area contributed by atoms with Crippen molar-refractivity contribution in [3.05, 3.63) is 42.1 Å². The molecule has 10 heteroatoms. The molecule has 1 aliphatic rings. The number of fused-ring (bicyclic) bond motifs is 1. The number of thiazole rings is 1. The Bertz CT molecular complexity index is 911. The summed E-state index contributed by atoms with van der Waals surface area (Å²) in [5, 5.41) is 9.44. The number of amides is 2. The van der Waals surface area contributed by atoms with Gasteiger partial charge in [0.1, 0.15) is 12.4 Å². The maximum atomic E-state index is 13.2. The zero-order valence-electron chi connectivity index (χ0n) is 16.6. The van der Waals surface area contributed by atoms with Crippen molar-refractivity contribution in [3.8, 4) is 0 Å². The van der Waals surface area contributed by atoms with Gasteiger partial charge in [0.25, 0.3) is 0 Å². The normalized spacial score (nSPS) is 17.4. The number of para-hydroxylation sites is 1. The molecule has 1 fully saturated rings. The molecule has 2 atom stereocenters. The number of nitrogens with zero attached hydrogens (tertiary/aromatic N) is 3. The highest BCUT2D eigenvalue weighted by atomic mass is 32.1. The zero-order valence-corrected chi connectivity index (χ0v) is 17.4. The number of carbonyl (C=O) groups is 3. The fourth-order valence-corrected chi connectivity index (χ4v) is 4.21. The SMILES string of the molecule is CC(=O)N1C[CH][CH][C@H]1C(=O)NC(CCCNC=NN)C(=O)c1nc2ccccc2s1. The molecule has 2 amide bonds. The number of hydrogen-bond donors (Lipinski definition) is 3. The van der Waals surface area contributed by atoms with E-state index in [0.717, 1.165) is 10.2 Å². The molecule has 158 valence electrons. The van der Waals surface area contributed by atoms with Gasteiger partial charge in [0.2, 0.25) is 17.6 Å². The summed E-state index contributed by atoms with van der Waals surface area (Å²) in [6, 6.07) is 6.04. The minimum Gasteiger partial charge on any atom is -0.375 e. The van der Waals surface area contributed by atoms with Crippen LogP contribution < -0.4 is 16.5 Å². The van der Waals surface area contributed by atoms with Crippen molar-refractivity contribution < 1.29 is 14.4 Å². The largest absolute Gasteiger partial charge is 0.375 e. The lowest BCUT2D eigenvalue weighted by Crippen LogP contribution is -2.50. The number of Topliss-reactive ketones (excluding diaryl/α,β-unsaturated/α-hetero) is 1. The van der Waals surface area contributed by atoms with Crippen molar-refractivity contribution in [1.29, 1.82) is 0 Å². The molecule has 4 N–H and O–H groups in total. The third-order valence-electron chi connectivity index (χ3n) is 4.75. The lowest BCUT2D eigenvalue weighted by atomic mass is 10.1. The third kappa shape index (κ3) is 5.12. The van der Waals surface area contributed by atoms with Crippen molar-refractivity contribution in [3.63, 3.8) is 0 Å². The van der Waals surface area contributed by atoms with Gasteiger partial charge in [-0.25, -0.2) is 4.98 Å². The quantitative estimate of drug-likeness (QED) is 0.136. The molecular formula is C20H24N6O3S. The fourth-order valence-electron chi connectivity index (χ4n) is 3.25. The number of likely N-dealkylation sites (tertiary alicyclic amines) is 1. The highest BCUT2D eigenvalue weighted by Gasteiger charge is 2.35. The van der Waals surface area contributed by atoms with Gasteiger partial charge in [-0.3, -0.25) is 14.4 Å². The number of ketones is 1. The number of rotatable bonds is 9. The van der Waals surface area contributed by atoms with Crippen LogP contribution in [0.5, 0.6) is 0 Å². The van der Waals surface area contributed by atoms with Crippen LogP contribution in [0.2, 0.25) is 0 Å². The van der Waals surface area contributed by atoms with Crippen LogP contribution in [0.25, 0.3) is 10.2 Å². The summed E-state index contributed by atoms with van der Waals surface area (Å²) in [6.45, 7) is 2.34. The summed E-state index contributed by atoms with van der Waals surface area (Å²) in [6.07, 6.45) is 5.82. The second kappa shape index (κ2) is 10.1. The van der Waals surface area contributed by atoms with E-state index >= 15 is 0 Å². The summed E-state index contributed by atoms with van der Waals surface area (Å²) >= 11 is 1.30. The molecule has 0 saturated carbocycles. The second-order valence-electron chi connectivity index (χ2n) is 6.83. The summed E-state index contributed by atoms with van der Waals surface area (Å²) in [4.78, 5) is 43.7. The molecule has 0 bridgehead atoms. The van der Waals surface area contributed by atoms with Gasteiger partial charge in [-0.15, -0.1) is 11.3 Å². The Balaban J connectivity index is 1.74. The van der Waals surface area contributed by atoms with Gasteiger partial charge in [-0.05, 0) is 37.8 Å². The first-order chi connectivity index (χ1) is 14.5. The van der Waals surface area contributed by atoms with Gasteiger partial charge in [0, 0.05) is 20.0 Å². The van der Waals surface area contributed by atoms with Crippen LogP contribution in [0, 0.1) is 12.8 Å². The topological polar surface area (TPSA) is 130 Å². The average Bonchev–Trinajstić information content (AvgIpc) is 3.39. The lowest BCUT2D eigenvalue weighted by Gasteiger charge is -2.25. The van der Waals surface area contributed by atoms with Crippen molar-refractivity contribution in [2.45, 2.75) is 31.8 Å². The summed E-state index contributed by atoms with van der Waals surface area (Å²) in [7, 11) is 0. The maximum absolute atomic E-state index is 13.2. The van der Waals surface area contributed by atoms with Crippen LogP contribution in [-0.2, 0) is 9.59 Å². The number of nitrogens with one attached hydrogen (secondary N) is 2. The van der Waals surface area contributed by atoms with E-state index in [4.69, 9.17) is 5.84 Å². The molecule has 0 spiro atoms. The first-order valence-corrected chi connectivity index (χ1v) is 10.4. The fraction of sp³-hybridized carbons (Fsp3) is 0.350. The molecule has 1 unspecified atom stereocenters. The molecule has 2 aromatic rings. The van der Waals surface area contributed by atoms with Gasteiger partial charge in [0.05, 0.1) is 16.3 Å². The van der Waals surface area contributed by atoms with Crippen molar-refractivity contribution in [2.24, 2.45) is 10.9 Å². The van der Waals surface area contributed by atoms with Crippen LogP contribution >= 0.6 is 11.3 Å². The number of hydrazone groups is 1. The smallest absolute Gasteiger partial charge is 0.243 e. The Hall–Kier alpha value is -3.01. The summed E-state index contributed by atoms with van der Waals surface area (Å²) in [5.41, 5.74) is 0.748. The van der Waals surface area contributed by atoms with Crippen molar-refractivity contribution in [2.75, 3.05) is 13.1 Å². The Morgan fingerprint density at radius 1 is 1.40 bits per heavy atom. The molecule has 0 aliphatic carbocycles. The Kier molecular flexibility index (Phi) is 7.34. The average molecular weight is 429 g/mol. The number of hydrogen-bond acceptors (Lipinski definition) is 7. The van der Waals surface area contributed by atoms with E-state index in [1.165, 1.54) is 29.5 Å². The van der Waals surface area contributed by atoms with Gasteiger partial charge in [-0.2, -0.15) is 5.10 Å². The monoisotopic (exact) mass is 428 g/mol. The van der Waals surface area contributed by atoms with E-state index in [0.29, 0.717) is 30.9 Å². The van der Waals surface area contributed by atoms with E-state index in [-0.39, 0.29) is 17.6 Å². The Morgan fingerprint density at radius 3 is 2.93 bits per heavy atom. The number of carbonyl (C=O) groups excluding carboxylic acids is 3. The molecule has 1 aromatic carbocycles. The number of nitrogens with two attached hydrogens (primary N) is 1. The number of benzene rings is 1. The molecule has 30 heavy (non-hydrogen) atoms. The van der Waals surface area contributed by atoms with Crippen molar-refractivity contribution in [1.82, 2.24) is 20.5 Å². The molecule has 1 aliphatic heterocycles. The predicted molar refractivity (Wildman–Crippen MR) is 116 cm³/mol. The molecular weight excluding hydrogens is 404 g/mol. The summed E-state index contributed by atoms with van der Waals surface area (Å²) < 4.78 is 0.910. The van der Waals surface area contributed by atoms with E-state index in [9.17, 15) is 14.4 Å². The summed E-state index contributed by atoms with van der Waals surface area (Å²) in [5.74, 6) is 4.24. The van der Waals surface area contributed by atoms with Gasteiger partial charge in [-0.1, -0.05) is 12.1 Å². The number of aromatic nitrogens is 1. The van der Waals surface area contributed by atoms with E-state index in [1.807, 2.05) is 24.3 Å². The van der Waals surface area contributed by atoms with Crippen LogP contribution in [0.4, 0.5) is 0 Å². The third-order valence-corrected chi connectivity index (χ3v) is 5.80. The van der Waals surface area contributed by atoms with Crippen LogP contribution in [-0.4, -0.2) is 59.0 Å². The van der Waals surface area contributed by atoms with Crippen molar-refractivity contribution >= 4 is 45.5 Å². The second-order valence-corrected chi connectivity index (χ2v) is 7.86. The zero-order chi connectivity index (χ0) is 21.5. The highest BCUT2D eigenvalue weighted by molar-refractivity contribution is 7.20. The minimum absolute atomic E-state index is 0.195. The van der Waals surface area contributed by atoms with E-state index in [1.54, 1.807) is 12.8 Å². The van der Waals surface area contributed by atoms with Crippen LogP contribution in [0.15, 0.2) is 29.4 Å². The first-order valence-electron chi connectivity index (χ1n) is 9.60. The molecule has 2 heterocycles. The van der Waals surface area contributed by atoms with Gasteiger partial charge >= 0.3 is 0 Å². The van der Waals surface area contributed by atoms with E-state index < -0.39 is 12.1 Å². The maximum Gasteiger partial charge on any atom is 0.243 e. The predicted octanol–water partition coefficient (Wildman–Crippen LogP) is 0.875. The Labute approximate surface area is 178 Å². The lowest BCUT2D eigenvalue weighted by molar-refractivity contribution is -0.136. The molecule has 3 rings (SSSR count). The molecule has 9 nitrogen and oxygen atoms in total. The standard InChI is InChI=1S/C20H24N6O3S/c1-13(27)26-11-5-8-16(26)19(29)24-15(7-4-10-22-12-23-21)18(28)20-25-14-6-2-3-9-17(14)30-20/h2-3,5-6,8-9,12,15-16H,4,7,10-11,21H2,1H3,(H,22,23)(H,24,29)/t15?,16-/m0/s1. The Morgan fingerprint density at radius 2 is 2.20 bits per heavy atom. The van der Waals surface area contributed by atoms with E-state index in [2.05, 4.69) is 20.7 Å². The molecule has 1 aromatic heterocycles. The van der Waals surface area contributed by atoms with Gasteiger partial charge < -0.3 is 21.4 Å². The van der Waals surface area contributed by atoms with Crippen LogP contribution in [0.3, 0.4) is 0 Å². The first kappa shape index (κ1) is 21.7. The molecule has 1 saturated heterocycles. The van der Waals surface area contributed by atoms with Crippen LogP contribution in [0.1, 0.15) is 29.6 Å². The minimum atomic E-state index is -0.752. The van der Waals surface area contributed by atoms with Gasteiger partial charge in [0.15, 0.2) is 5.01 Å².